The molecule has 0 radical (unpaired) electrons. The maximum absolute atomic E-state index is 11.9. The van der Waals surface area contributed by atoms with Crippen molar-refractivity contribution < 1.29 is 14.7 Å². The van der Waals surface area contributed by atoms with Gasteiger partial charge in [-0.05, 0) is 19.3 Å². The maximum atomic E-state index is 11.9. The standard InChI is InChI=1S/C17H30O3/c1-2-3-4-5-6-7-8-12-15(17(19)20)14-11-9-10-13-16(14)18/h14-15H,2-13H2,1H3,(H,19,20). The fourth-order valence-electron chi connectivity index (χ4n) is 3.25. The van der Waals surface area contributed by atoms with Gasteiger partial charge in [-0.2, -0.15) is 0 Å². The molecule has 0 heterocycles. The van der Waals surface area contributed by atoms with Gasteiger partial charge >= 0.3 is 5.97 Å². The summed E-state index contributed by atoms with van der Waals surface area (Å²) < 4.78 is 0. The number of carboxylic acid groups (broad SMARTS) is 1. The molecule has 1 aliphatic carbocycles. The van der Waals surface area contributed by atoms with Gasteiger partial charge in [0.2, 0.25) is 0 Å². The van der Waals surface area contributed by atoms with Crippen LogP contribution in [0.3, 0.4) is 0 Å². The van der Waals surface area contributed by atoms with Gasteiger partial charge in [0.15, 0.2) is 0 Å². The van der Waals surface area contributed by atoms with Crippen LogP contribution in [0.5, 0.6) is 0 Å². The molecule has 116 valence electrons. The Bertz CT molecular complexity index is 299. The quantitative estimate of drug-likeness (QED) is 0.596. The third-order valence-corrected chi connectivity index (χ3v) is 4.52. The summed E-state index contributed by atoms with van der Waals surface area (Å²) in [7, 11) is 0. The molecule has 0 saturated heterocycles. The van der Waals surface area contributed by atoms with Crippen LogP contribution >= 0.6 is 0 Å². The number of hydrogen-bond acceptors (Lipinski definition) is 2. The Morgan fingerprint density at radius 2 is 1.80 bits per heavy atom. The second-order valence-corrected chi connectivity index (χ2v) is 6.17. The van der Waals surface area contributed by atoms with Crippen molar-refractivity contribution in [2.45, 2.75) is 84.0 Å². The molecule has 2 unspecified atom stereocenters. The zero-order chi connectivity index (χ0) is 14.8. The number of carboxylic acids is 1. The number of unbranched alkanes of at least 4 members (excludes halogenated alkanes) is 6. The molecule has 3 heteroatoms. The normalized spacial score (nSPS) is 20.9. The number of rotatable bonds is 10. The summed E-state index contributed by atoms with van der Waals surface area (Å²) >= 11 is 0. The SMILES string of the molecule is CCCCCCCCCC(C(=O)O)C1CCCCC1=O. The lowest BCUT2D eigenvalue weighted by atomic mass is 9.77. The molecule has 1 N–H and O–H groups in total. The minimum absolute atomic E-state index is 0.187. The molecule has 1 rings (SSSR count). The van der Waals surface area contributed by atoms with E-state index in [4.69, 9.17) is 0 Å². The van der Waals surface area contributed by atoms with Crippen molar-refractivity contribution in [1.82, 2.24) is 0 Å². The molecule has 0 aromatic heterocycles. The van der Waals surface area contributed by atoms with Crippen LogP contribution in [0.15, 0.2) is 0 Å². The van der Waals surface area contributed by atoms with Crippen molar-refractivity contribution in [2.24, 2.45) is 11.8 Å². The van der Waals surface area contributed by atoms with Crippen molar-refractivity contribution in [3.05, 3.63) is 0 Å². The van der Waals surface area contributed by atoms with Crippen molar-refractivity contribution in [3.63, 3.8) is 0 Å². The lowest BCUT2D eigenvalue weighted by molar-refractivity contribution is -0.148. The molecule has 3 nitrogen and oxygen atoms in total. The van der Waals surface area contributed by atoms with Crippen LogP contribution in [0.25, 0.3) is 0 Å². The Hall–Kier alpha value is -0.860. The minimum Gasteiger partial charge on any atom is -0.481 e. The van der Waals surface area contributed by atoms with E-state index in [-0.39, 0.29) is 11.7 Å². The molecule has 0 amide bonds. The van der Waals surface area contributed by atoms with Crippen LogP contribution in [0, 0.1) is 11.8 Å². The van der Waals surface area contributed by atoms with E-state index >= 15 is 0 Å². The average Bonchev–Trinajstić information content (AvgIpc) is 2.43. The van der Waals surface area contributed by atoms with Crippen LogP contribution < -0.4 is 0 Å². The Morgan fingerprint density at radius 1 is 1.15 bits per heavy atom. The molecule has 1 aliphatic rings. The van der Waals surface area contributed by atoms with Gasteiger partial charge in [0.05, 0.1) is 5.92 Å². The molecule has 0 spiro atoms. The number of aliphatic carboxylic acids is 1. The summed E-state index contributed by atoms with van der Waals surface area (Å²) in [6.45, 7) is 2.21. The Kier molecular flexibility index (Phi) is 8.56. The molecule has 0 aliphatic heterocycles. The zero-order valence-electron chi connectivity index (χ0n) is 12.9. The minimum atomic E-state index is -0.767. The maximum Gasteiger partial charge on any atom is 0.307 e. The average molecular weight is 282 g/mol. The molecule has 1 fully saturated rings. The van der Waals surface area contributed by atoms with Gasteiger partial charge in [-0.3, -0.25) is 9.59 Å². The summed E-state index contributed by atoms with van der Waals surface area (Å²) in [5, 5.41) is 9.36. The van der Waals surface area contributed by atoms with Crippen LogP contribution in [-0.2, 0) is 9.59 Å². The van der Waals surface area contributed by atoms with E-state index in [1.54, 1.807) is 0 Å². The van der Waals surface area contributed by atoms with Crippen LogP contribution in [0.2, 0.25) is 0 Å². The van der Waals surface area contributed by atoms with Gasteiger partial charge < -0.3 is 5.11 Å². The summed E-state index contributed by atoms with van der Waals surface area (Å²) in [5.74, 6) is -1.22. The Labute approximate surface area is 123 Å². The molecular weight excluding hydrogens is 252 g/mol. The summed E-state index contributed by atoms with van der Waals surface area (Å²) in [5.41, 5.74) is 0. The van der Waals surface area contributed by atoms with Crippen LogP contribution in [-0.4, -0.2) is 16.9 Å². The number of carbonyl (C=O) groups excluding carboxylic acids is 1. The molecular formula is C17H30O3. The third kappa shape index (κ3) is 6.06. The van der Waals surface area contributed by atoms with Gasteiger partial charge in [-0.1, -0.05) is 58.3 Å². The van der Waals surface area contributed by atoms with Crippen LogP contribution in [0.1, 0.15) is 84.0 Å². The first-order valence-corrected chi connectivity index (χ1v) is 8.42. The van der Waals surface area contributed by atoms with Crippen LogP contribution in [0.4, 0.5) is 0 Å². The Morgan fingerprint density at radius 3 is 2.40 bits per heavy atom. The number of Topliss-reactive ketones (excluding diaryl/α,β-unsaturated/α-hetero) is 1. The second-order valence-electron chi connectivity index (χ2n) is 6.17. The topological polar surface area (TPSA) is 54.4 Å². The second kappa shape index (κ2) is 9.95. The van der Waals surface area contributed by atoms with E-state index in [2.05, 4.69) is 6.92 Å². The highest BCUT2D eigenvalue weighted by atomic mass is 16.4. The highest BCUT2D eigenvalue weighted by Crippen LogP contribution is 2.30. The van der Waals surface area contributed by atoms with E-state index in [1.807, 2.05) is 0 Å². The first-order valence-electron chi connectivity index (χ1n) is 8.42. The largest absolute Gasteiger partial charge is 0.481 e. The molecule has 0 aromatic rings. The zero-order valence-corrected chi connectivity index (χ0v) is 12.9. The van der Waals surface area contributed by atoms with Crippen molar-refractivity contribution in [2.75, 3.05) is 0 Å². The molecule has 0 aromatic carbocycles. The highest BCUT2D eigenvalue weighted by molar-refractivity contribution is 5.86. The summed E-state index contributed by atoms with van der Waals surface area (Å²) in [6, 6.07) is 0. The summed E-state index contributed by atoms with van der Waals surface area (Å²) in [4.78, 5) is 23.3. The lowest BCUT2D eigenvalue weighted by Crippen LogP contribution is -2.32. The molecule has 20 heavy (non-hydrogen) atoms. The highest BCUT2D eigenvalue weighted by Gasteiger charge is 2.34. The molecule has 0 bridgehead atoms. The van der Waals surface area contributed by atoms with E-state index in [0.29, 0.717) is 12.8 Å². The van der Waals surface area contributed by atoms with E-state index in [0.717, 1.165) is 32.1 Å². The fraction of sp³-hybridized carbons (Fsp3) is 0.882. The first kappa shape index (κ1) is 17.2. The van der Waals surface area contributed by atoms with Gasteiger partial charge in [0.1, 0.15) is 5.78 Å². The lowest BCUT2D eigenvalue weighted by Gasteiger charge is -2.26. The number of hydrogen-bond donors (Lipinski definition) is 1. The van der Waals surface area contributed by atoms with Gasteiger partial charge in [-0.15, -0.1) is 0 Å². The van der Waals surface area contributed by atoms with Crippen molar-refractivity contribution >= 4 is 11.8 Å². The third-order valence-electron chi connectivity index (χ3n) is 4.52. The molecule has 2 atom stereocenters. The summed E-state index contributed by atoms with van der Waals surface area (Å²) in [6.07, 6.45) is 12.4. The van der Waals surface area contributed by atoms with Crippen molar-refractivity contribution in [1.29, 1.82) is 0 Å². The predicted octanol–water partition coefficient (Wildman–Crippen LogP) is 4.59. The van der Waals surface area contributed by atoms with E-state index < -0.39 is 11.9 Å². The Balaban J connectivity index is 2.25. The number of ketones is 1. The van der Waals surface area contributed by atoms with Gasteiger partial charge in [-0.25, -0.2) is 0 Å². The monoisotopic (exact) mass is 282 g/mol. The van der Waals surface area contributed by atoms with E-state index in [1.165, 1.54) is 32.1 Å². The first-order chi connectivity index (χ1) is 9.66. The van der Waals surface area contributed by atoms with Gasteiger partial charge in [0, 0.05) is 12.3 Å². The fourth-order valence-corrected chi connectivity index (χ4v) is 3.25. The smallest absolute Gasteiger partial charge is 0.307 e. The van der Waals surface area contributed by atoms with Gasteiger partial charge in [0.25, 0.3) is 0 Å². The predicted molar refractivity (Wildman–Crippen MR) is 80.7 cm³/mol. The number of carbonyl (C=O) groups is 2. The van der Waals surface area contributed by atoms with E-state index in [9.17, 15) is 14.7 Å². The molecule has 1 saturated carbocycles. The van der Waals surface area contributed by atoms with Crippen molar-refractivity contribution in [3.8, 4) is 0 Å².